The van der Waals surface area contributed by atoms with Gasteiger partial charge in [0.25, 0.3) is 10.1 Å². The maximum absolute atomic E-state index is 10.8. The number of rotatable bonds is 2. The number of hydrogen-bond donors (Lipinski definition) is 2. The minimum atomic E-state index is -4.03. The van der Waals surface area contributed by atoms with Crippen LogP contribution in [0.5, 0.6) is 0 Å². The molecular weight excluding hydrogens is 294 g/mol. The monoisotopic (exact) mass is 317 g/mol. The number of carbonyl (C=O) groups excluding carboxylic acids is 1. The summed E-state index contributed by atoms with van der Waals surface area (Å²) in [6, 6.07) is 5.74. The van der Waals surface area contributed by atoms with Gasteiger partial charge >= 0.3 is 5.97 Å². The summed E-state index contributed by atoms with van der Waals surface area (Å²) in [5.74, 6) is -0.354. The van der Waals surface area contributed by atoms with Crippen LogP contribution in [0.4, 0.5) is 0 Å². The van der Waals surface area contributed by atoms with Crippen LogP contribution in [0.25, 0.3) is 0 Å². The Labute approximate surface area is 126 Å². The van der Waals surface area contributed by atoms with Crippen molar-refractivity contribution >= 4 is 16.1 Å². The van der Waals surface area contributed by atoms with Crippen molar-refractivity contribution in [3.8, 4) is 0 Å². The molecule has 1 aromatic rings. The molecule has 1 aromatic carbocycles. The van der Waals surface area contributed by atoms with Gasteiger partial charge in [-0.2, -0.15) is 8.42 Å². The van der Waals surface area contributed by atoms with Crippen LogP contribution < -0.4 is 5.73 Å². The topological polar surface area (TPSA) is 107 Å². The average molecular weight is 317 g/mol. The Hall–Kier alpha value is -1.44. The third kappa shape index (κ3) is 8.44. The third-order valence-corrected chi connectivity index (χ3v) is 3.16. The maximum atomic E-state index is 10.8. The summed E-state index contributed by atoms with van der Waals surface area (Å²) in [5, 5.41) is 0. The van der Waals surface area contributed by atoms with Crippen LogP contribution in [0, 0.1) is 6.92 Å². The molecule has 1 atom stereocenters. The Morgan fingerprint density at radius 3 is 2.00 bits per heavy atom. The first-order valence-electron chi connectivity index (χ1n) is 6.36. The van der Waals surface area contributed by atoms with Crippen LogP contribution in [-0.2, 0) is 19.6 Å². The number of carbonyl (C=O) groups is 1. The van der Waals surface area contributed by atoms with Crippen LogP contribution >= 0.6 is 0 Å². The lowest BCUT2D eigenvalue weighted by Crippen LogP contribution is -2.35. The molecule has 0 amide bonds. The minimum absolute atomic E-state index is 0.0278. The van der Waals surface area contributed by atoms with Crippen molar-refractivity contribution in [1.29, 1.82) is 0 Å². The highest BCUT2D eigenvalue weighted by molar-refractivity contribution is 7.85. The summed E-state index contributed by atoms with van der Waals surface area (Å²) in [6.45, 7) is 8.67. The first-order chi connectivity index (χ1) is 9.34. The Morgan fingerprint density at radius 1 is 1.29 bits per heavy atom. The zero-order chi connectivity index (χ0) is 16.8. The highest BCUT2D eigenvalue weighted by Crippen LogP contribution is 2.12. The number of aryl methyl sites for hydroxylation is 1. The van der Waals surface area contributed by atoms with E-state index in [1.165, 1.54) is 6.07 Å². The largest absolute Gasteiger partial charge is 0.459 e. The molecule has 0 saturated carbocycles. The van der Waals surface area contributed by atoms with Crippen LogP contribution in [-0.4, -0.2) is 30.6 Å². The van der Waals surface area contributed by atoms with Gasteiger partial charge in [0.1, 0.15) is 11.6 Å². The summed E-state index contributed by atoms with van der Waals surface area (Å²) in [4.78, 5) is 10.8. The van der Waals surface area contributed by atoms with Gasteiger partial charge in [-0.05, 0) is 46.2 Å². The number of benzene rings is 1. The van der Waals surface area contributed by atoms with Gasteiger partial charge in [0.05, 0.1) is 4.90 Å². The predicted molar refractivity (Wildman–Crippen MR) is 80.5 cm³/mol. The molecule has 0 aromatic heterocycles. The zero-order valence-corrected chi connectivity index (χ0v) is 13.8. The number of nitrogens with two attached hydrogens (primary N) is 1. The summed E-state index contributed by atoms with van der Waals surface area (Å²) in [7, 11) is -4.03. The quantitative estimate of drug-likeness (QED) is 0.637. The molecule has 0 radical (unpaired) electrons. The lowest BCUT2D eigenvalue weighted by Gasteiger charge is -2.20. The van der Waals surface area contributed by atoms with E-state index in [0.29, 0.717) is 5.56 Å². The van der Waals surface area contributed by atoms with Gasteiger partial charge in [0.2, 0.25) is 0 Å². The second-order valence-electron chi connectivity index (χ2n) is 5.56. The van der Waals surface area contributed by atoms with E-state index in [1.807, 2.05) is 20.8 Å². The Bertz CT molecular complexity index is 573. The predicted octanol–water partition coefficient (Wildman–Crippen LogP) is 1.92. The number of esters is 1. The molecule has 0 aliphatic carbocycles. The number of hydrogen-bond acceptors (Lipinski definition) is 5. The van der Waals surface area contributed by atoms with Crippen molar-refractivity contribution in [2.45, 2.75) is 51.2 Å². The van der Waals surface area contributed by atoms with E-state index in [4.69, 9.17) is 15.0 Å². The molecule has 1 unspecified atom stereocenters. The minimum Gasteiger partial charge on any atom is -0.459 e. The van der Waals surface area contributed by atoms with Gasteiger partial charge in [0, 0.05) is 0 Å². The van der Waals surface area contributed by atoms with Gasteiger partial charge in [-0.15, -0.1) is 0 Å². The zero-order valence-electron chi connectivity index (χ0n) is 13.0. The highest BCUT2D eigenvalue weighted by Gasteiger charge is 2.18. The van der Waals surface area contributed by atoms with Crippen molar-refractivity contribution < 1.29 is 22.5 Å². The maximum Gasteiger partial charge on any atom is 0.323 e. The molecule has 0 fully saturated rings. The average Bonchev–Trinajstić information content (AvgIpc) is 2.26. The van der Waals surface area contributed by atoms with E-state index in [0.717, 1.165) is 0 Å². The summed E-state index contributed by atoms with van der Waals surface area (Å²) in [5.41, 5.74) is 5.39. The molecular formula is C14H23NO5S. The van der Waals surface area contributed by atoms with Crippen molar-refractivity contribution in [1.82, 2.24) is 0 Å². The SMILES string of the molecule is CC(N)C(=O)OC(C)(C)C.Cc1ccccc1S(=O)(=O)O. The molecule has 0 heterocycles. The molecule has 1 rings (SSSR count). The molecule has 0 aliphatic heterocycles. The molecule has 0 aliphatic rings. The lowest BCUT2D eigenvalue weighted by atomic mass is 10.2. The van der Waals surface area contributed by atoms with E-state index in [1.54, 1.807) is 32.0 Å². The Morgan fingerprint density at radius 2 is 1.76 bits per heavy atom. The third-order valence-electron chi connectivity index (χ3n) is 2.15. The smallest absolute Gasteiger partial charge is 0.323 e. The van der Waals surface area contributed by atoms with Crippen molar-refractivity contribution in [3.63, 3.8) is 0 Å². The van der Waals surface area contributed by atoms with E-state index in [2.05, 4.69) is 0 Å². The molecule has 0 saturated heterocycles. The normalized spacial score (nSPS) is 12.9. The van der Waals surface area contributed by atoms with Gasteiger partial charge < -0.3 is 10.5 Å². The summed E-state index contributed by atoms with van der Waals surface area (Å²) >= 11 is 0. The first-order valence-corrected chi connectivity index (χ1v) is 7.80. The van der Waals surface area contributed by atoms with E-state index in [-0.39, 0.29) is 10.9 Å². The van der Waals surface area contributed by atoms with Crippen molar-refractivity contribution in [2.24, 2.45) is 5.73 Å². The molecule has 6 nitrogen and oxygen atoms in total. The summed E-state index contributed by atoms with van der Waals surface area (Å²) in [6.07, 6.45) is 0. The van der Waals surface area contributed by atoms with Gasteiger partial charge in [-0.3, -0.25) is 9.35 Å². The highest BCUT2D eigenvalue weighted by atomic mass is 32.2. The van der Waals surface area contributed by atoms with E-state index in [9.17, 15) is 13.2 Å². The second-order valence-corrected chi connectivity index (χ2v) is 6.95. The Kier molecular flexibility index (Phi) is 7.02. The van der Waals surface area contributed by atoms with Gasteiger partial charge in [0.15, 0.2) is 0 Å². The first kappa shape index (κ1) is 19.6. The van der Waals surface area contributed by atoms with Gasteiger partial charge in [-0.25, -0.2) is 0 Å². The fourth-order valence-electron chi connectivity index (χ4n) is 1.24. The van der Waals surface area contributed by atoms with E-state index >= 15 is 0 Å². The second kappa shape index (κ2) is 7.53. The standard InChI is InChI=1S/C7H15NO2.C7H8O3S/c1-5(8)6(9)10-7(2,3)4;1-6-4-2-3-5-7(6)11(8,9)10/h5H,8H2,1-4H3;2-5H,1H3,(H,8,9,10). The van der Waals surface area contributed by atoms with Gasteiger partial charge in [-0.1, -0.05) is 18.2 Å². The molecule has 120 valence electrons. The Balaban J connectivity index is 0.000000384. The van der Waals surface area contributed by atoms with Crippen LogP contribution in [0.3, 0.4) is 0 Å². The molecule has 21 heavy (non-hydrogen) atoms. The number of ether oxygens (including phenoxy) is 1. The van der Waals surface area contributed by atoms with Crippen LogP contribution in [0.15, 0.2) is 29.2 Å². The molecule has 0 spiro atoms. The van der Waals surface area contributed by atoms with Crippen molar-refractivity contribution in [3.05, 3.63) is 29.8 Å². The fourth-order valence-corrected chi connectivity index (χ4v) is 1.97. The summed E-state index contributed by atoms with van der Waals surface area (Å²) < 4.78 is 34.8. The van der Waals surface area contributed by atoms with Crippen molar-refractivity contribution in [2.75, 3.05) is 0 Å². The molecule has 0 bridgehead atoms. The molecule has 7 heteroatoms. The fraction of sp³-hybridized carbons (Fsp3) is 0.500. The van der Waals surface area contributed by atoms with Crippen LogP contribution in [0.1, 0.15) is 33.3 Å². The van der Waals surface area contributed by atoms with E-state index < -0.39 is 21.8 Å². The lowest BCUT2D eigenvalue weighted by molar-refractivity contribution is -0.155. The molecule has 3 N–H and O–H groups in total. The van der Waals surface area contributed by atoms with Crippen LogP contribution in [0.2, 0.25) is 0 Å².